The van der Waals surface area contributed by atoms with E-state index < -0.39 is 12.0 Å². The van der Waals surface area contributed by atoms with Crippen molar-refractivity contribution in [2.24, 2.45) is 0 Å². The molecule has 0 aliphatic heterocycles. The van der Waals surface area contributed by atoms with Crippen LogP contribution >= 0.6 is 0 Å². The van der Waals surface area contributed by atoms with Crippen molar-refractivity contribution >= 4 is 16.7 Å². The molecule has 0 aliphatic carbocycles. The second-order valence-corrected chi connectivity index (χ2v) is 4.96. The maximum atomic E-state index is 11.1. The molecule has 0 saturated heterocycles. The third kappa shape index (κ3) is 4.20. The van der Waals surface area contributed by atoms with E-state index in [2.05, 4.69) is 5.32 Å². The molecule has 0 heterocycles. The summed E-state index contributed by atoms with van der Waals surface area (Å²) in [5.41, 5.74) is 0. The van der Waals surface area contributed by atoms with Gasteiger partial charge in [0.2, 0.25) is 0 Å². The fraction of sp³-hybridized carbons (Fsp3) is 0.353. The first-order chi connectivity index (χ1) is 10.2. The fourth-order valence-corrected chi connectivity index (χ4v) is 2.24. The number of rotatable bonds is 8. The molecule has 0 saturated carbocycles. The molecule has 1 unspecified atom stereocenters. The Morgan fingerprint density at radius 2 is 2.00 bits per heavy atom. The summed E-state index contributed by atoms with van der Waals surface area (Å²) < 4.78 is 5.78. The van der Waals surface area contributed by atoms with Crippen molar-refractivity contribution in [2.75, 3.05) is 13.2 Å². The van der Waals surface area contributed by atoms with Gasteiger partial charge in [0.1, 0.15) is 11.8 Å². The Bertz CT molecular complexity index is 592. The highest BCUT2D eigenvalue weighted by Crippen LogP contribution is 2.25. The number of carboxylic acid groups (broad SMARTS) is 1. The predicted molar refractivity (Wildman–Crippen MR) is 83.8 cm³/mol. The minimum Gasteiger partial charge on any atom is -0.493 e. The average Bonchev–Trinajstić information content (AvgIpc) is 2.50. The van der Waals surface area contributed by atoms with E-state index in [1.165, 1.54) is 0 Å². The van der Waals surface area contributed by atoms with Crippen molar-refractivity contribution < 1.29 is 14.6 Å². The maximum Gasteiger partial charge on any atom is 0.320 e. The van der Waals surface area contributed by atoms with Crippen LogP contribution in [0.1, 0.15) is 19.8 Å². The third-order valence-corrected chi connectivity index (χ3v) is 3.35. The van der Waals surface area contributed by atoms with Crippen LogP contribution in [-0.4, -0.2) is 30.3 Å². The van der Waals surface area contributed by atoms with Crippen molar-refractivity contribution in [3.63, 3.8) is 0 Å². The molecule has 0 aromatic heterocycles. The average molecular weight is 287 g/mol. The van der Waals surface area contributed by atoms with E-state index in [0.29, 0.717) is 19.6 Å². The van der Waals surface area contributed by atoms with Gasteiger partial charge in [0, 0.05) is 11.8 Å². The maximum absolute atomic E-state index is 11.1. The minimum atomic E-state index is -0.829. The van der Waals surface area contributed by atoms with Gasteiger partial charge in [-0.25, -0.2) is 0 Å². The highest BCUT2D eigenvalue weighted by Gasteiger charge is 2.16. The zero-order chi connectivity index (χ0) is 15.1. The molecule has 0 aliphatic rings. The first kappa shape index (κ1) is 15.3. The number of nitrogens with one attached hydrogen (secondary N) is 1. The molecule has 2 aromatic carbocycles. The van der Waals surface area contributed by atoms with E-state index in [4.69, 9.17) is 9.84 Å². The van der Waals surface area contributed by atoms with Gasteiger partial charge in [0.05, 0.1) is 6.61 Å². The van der Waals surface area contributed by atoms with Crippen LogP contribution in [-0.2, 0) is 4.79 Å². The van der Waals surface area contributed by atoms with Gasteiger partial charge < -0.3 is 15.2 Å². The minimum absolute atomic E-state index is 0.377. The molecular weight excluding hydrogens is 266 g/mol. The smallest absolute Gasteiger partial charge is 0.320 e. The van der Waals surface area contributed by atoms with Crippen LogP contribution in [0.15, 0.2) is 42.5 Å². The van der Waals surface area contributed by atoms with Crippen molar-refractivity contribution in [2.45, 2.75) is 25.8 Å². The van der Waals surface area contributed by atoms with Crippen LogP contribution in [0.3, 0.4) is 0 Å². The number of hydrogen-bond donors (Lipinski definition) is 2. The molecule has 0 radical (unpaired) electrons. The second kappa shape index (κ2) is 7.64. The molecule has 0 fully saturated rings. The third-order valence-electron chi connectivity index (χ3n) is 3.35. The van der Waals surface area contributed by atoms with E-state index in [1.54, 1.807) is 0 Å². The lowest BCUT2D eigenvalue weighted by Gasteiger charge is -2.15. The van der Waals surface area contributed by atoms with Crippen molar-refractivity contribution in [3.05, 3.63) is 42.5 Å². The lowest BCUT2D eigenvalue weighted by molar-refractivity contribution is -0.139. The van der Waals surface area contributed by atoms with Gasteiger partial charge in [0.25, 0.3) is 0 Å². The standard InChI is InChI=1S/C17H21NO3/c1-2-11-18-15(17(19)20)10-12-21-16-9-5-7-13-6-3-4-8-14(13)16/h3-9,15,18H,2,10-12H2,1H3,(H,19,20). The topological polar surface area (TPSA) is 58.6 Å². The van der Waals surface area contributed by atoms with E-state index >= 15 is 0 Å². The Morgan fingerprint density at radius 1 is 1.24 bits per heavy atom. The predicted octanol–water partition coefficient (Wildman–Crippen LogP) is 3.06. The summed E-state index contributed by atoms with van der Waals surface area (Å²) in [4.78, 5) is 11.1. The summed E-state index contributed by atoms with van der Waals surface area (Å²) >= 11 is 0. The number of benzene rings is 2. The number of carboxylic acids is 1. The summed E-state index contributed by atoms with van der Waals surface area (Å²) in [5, 5.41) is 14.3. The SMILES string of the molecule is CCCNC(CCOc1cccc2ccccc12)C(=O)O. The molecule has 4 heteroatoms. The fourth-order valence-electron chi connectivity index (χ4n) is 2.24. The summed E-state index contributed by atoms with van der Waals surface area (Å²) in [6, 6.07) is 13.3. The summed E-state index contributed by atoms with van der Waals surface area (Å²) in [6.07, 6.45) is 1.35. The van der Waals surface area contributed by atoms with E-state index in [0.717, 1.165) is 22.9 Å². The number of hydrogen-bond acceptors (Lipinski definition) is 3. The van der Waals surface area contributed by atoms with Gasteiger partial charge in [0.15, 0.2) is 0 Å². The number of fused-ring (bicyclic) bond motifs is 1. The lowest BCUT2D eigenvalue weighted by Crippen LogP contribution is -2.38. The molecule has 21 heavy (non-hydrogen) atoms. The summed E-state index contributed by atoms with van der Waals surface area (Å²) in [7, 11) is 0. The van der Waals surface area contributed by atoms with Gasteiger partial charge in [-0.15, -0.1) is 0 Å². The van der Waals surface area contributed by atoms with E-state index in [-0.39, 0.29) is 0 Å². The number of ether oxygens (including phenoxy) is 1. The van der Waals surface area contributed by atoms with Gasteiger partial charge in [-0.3, -0.25) is 4.79 Å². The highest BCUT2D eigenvalue weighted by atomic mass is 16.5. The molecule has 0 spiro atoms. The molecular formula is C17H21NO3. The van der Waals surface area contributed by atoms with Crippen LogP contribution in [0.25, 0.3) is 10.8 Å². The Kier molecular flexibility index (Phi) is 5.58. The van der Waals surface area contributed by atoms with Gasteiger partial charge in [-0.1, -0.05) is 43.3 Å². The normalized spacial score (nSPS) is 12.2. The molecule has 0 bridgehead atoms. The first-order valence-corrected chi connectivity index (χ1v) is 7.29. The van der Waals surface area contributed by atoms with Gasteiger partial charge in [-0.05, 0) is 24.4 Å². The highest BCUT2D eigenvalue weighted by molar-refractivity contribution is 5.88. The molecule has 1 atom stereocenters. The van der Waals surface area contributed by atoms with Crippen LogP contribution in [0, 0.1) is 0 Å². The lowest BCUT2D eigenvalue weighted by atomic mass is 10.1. The zero-order valence-electron chi connectivity index (χ0n) is 12.2. The molecule has 2 N–H and O–H groups in total. The number of aliphatic carboxylic acids is 1. The number of carbonyl (C=O) groups is 1. The van der Waals surface area contributed by atoms with Crippen LogP contribution in [0.2, 0.25) is 0 Å². The Labute approximate surface area is 124 Å². The molecule has 112 valence electrons. The zero-order valence-corrected chi connectivity index (χ0v) is 12.2. The summed E-state index contributed by atoms with van der Waals surface area (Å²) in [6.45, 7) is 3.09. The largest absolute Gasteiger partial charge is 0.493 e. The van der Waals surface area contributed by atoms with Crippen molar-refractivity contribution in [3.8, 4) is 5.75 Å². The second-order valence-electron chi connectivity index (χ2n) is 4.96. The first-order valence-electron chi connectivity index (χ1n) is 7.29. The molecule has 2 rings (SSSR count). The van der Waals surface area contributed by atoms with Crippen LogP contribution in [0.4, 0.5) is 0 Å². The molecule has 4 nitrogen and oxygen atoms in total. The van der Waals surface area contributed by atoms with E-state index in [9.17, 15) is 4.79 Å². The van der Waals surface area contributed by atoms with Gasteiger partial charge >= 0.3 is 5.97 Å². The van der Waals surface area contributed by atoms with Crippen LogP contribution < -0.4 is 10.1 Å². The Balaban J connectivity index is 1.96. The monoisotopic (exact) mass is 287 g/mol. The Morgan fingerprint density at radius 3 is 2.76 bits per heavy atom. The van der Waals surface area contributed by atoms with Crippen LogP contribution in [0.5, 0.6) is 5.75 Å². The van der Waals surface area contributed by atoms with Gasteiger partial charge in [-0.2, -0.15) is 0 Å². The molecule has 2 aromatic rings. The van der Waals surface area contributed by atoms with Crippen molar-refractivity contribution in [1.82, 2.24) is 5.32 Å². The van der Waals surface area contributed by atoms with Crippen molar-refractivity contribution in [1.29, 1.82) is 0 Å². The molecule has 0 amide bonds. The van der Waals surface area contributed by atoms with E-state index in [1.807, 2.05) is 49.4 Å². The summed E-state index contributed by atoms with van der Waals surface area (Å²) in [5.74, 6) is -0.0299. The quantitative estimate of drug-likeness (QED) is 0.783. The Hall–Kier alpha value is -2.07.